The van der Waals surface area contributed by atoms with E-state index in [9.17, 15) is 8.42 Å². The van der Waals surface area contributed by atoms with Crippen molar-refractivity contribution in [1.82, 2.24) is 4.72 Å². The predicted molar refractivity (Wildman–Crippen MR) is 81.1 cm³/mol. The summed E-state index contributed by atoms with van der Waals surface area (Å²) in [5, 5.41) is 0. The molecule has 0 bridgehead atoms. The van der Waals surface area contributed by atoms with Crippen LogP contribution in [0.25, 0.3) is 0 Å². The van der Waals surface area contributed by atoms with Gasteiger partial charge in [0, 0.05) is 12.1 Å². The number of benzene rings is 1. The normalized spacial score (nSPS) is 12.0. The van der Waals surface area contributed by atoms with E-state index in [0.29, 0.717) is 0 Å². The van der Waals surface area contributed by atoms with Crippen LogP contribution in [0.3, 0.4) is 0 Å². The minimum absolute atomic E-state index is 0. The van der Waals surface area contributed by atoms with Crippen molar-refractivity contribution in [2.75, 3.05) is 6.54 Å². The highest BCUT2D eigenvalue weighted by molar-refractivity contribution is 7.89. The molecule has 0 unspecified atom stereocenters. The van der Waals surface area contributed by atoms with Gasteiger partial charge in [0.25, 0.3) is 0 Å². The summed E-state index contributed by atoms with van der Waals surface area (Å²) in [5.41, 5.74) is 6.04. The number of hydrogen-bond acceptors (Lipinski definition) is 3. The second-order valence-electron chi connectivity index (χ2n) is 5.09. The Kier molecular flexibility index (Phi) is 7.00. The van der Waals surface area contributed by atoms with Crippen LogP contribution in [0.4, 0.5) is 0 Å². The van der Waals surface area contributed by atoms with Crippen LogP contribution in [-0.4, -0.2) is 20.5 Å². The van der Waals surface area contributed by atoms with Crippen LogP contribution in [0, 0.1) is 0 Å². The summed E-state index contributed by atoms with van der Waals surface area (Å²) in [6.07, 6.45) is 2.01. The minimum Gasteiger partial charge on any atom is -0.329 e. The third kappa shape index (κ3) is 5.48. The third-order valence-corrected chi connectivity index (χ3v) is 4.41. The fourth-order valence-corrected chi connectivity index (χ4v) is 3.01. The van der Waals surface area contributed by atoms with Gasteiger partial charge in [-0.3, -0.25) is 0 Å². The Morgan fingerprint density at radius 2 is 1.74 bits per heavy atom. The second kappa shape index (κ2) is 7.24. The zero-order valence-corrected chi connectivity index (χ0v) is 13.3. The highest BCUT2D eigenvalue weighted by Gasteiger charge is 2.24. The predicted octanol–water partition coefficient (Wildman–Crippen LogP) is 2.08. The maximum atomic E-state index is 12.1. The molecule has 0 aliphatic rings. The Morgan fingerprint density at radius 1 is 1.21 bits per heavy atom. The smallest absolute Gasteiger partial charge is 0.241 e. The molecule has 0 saturated heterocycles. The monoisotopic (exact) mass is 306 g/mol. The van der Waals surface area contributed by atoms with Crippen LogP contribution in [-0.2, 0) is 16.4 Å². The van der Waals surface area contributed by atoms with E-state index >= 15 is 0 Å². The van der Waals surface area contributed by atoms with Gasteiger partial charge in [-0.15, -0.1) is 12.4 Å². The maximum absolute atomic E-state index is 12.1. The van der Waals surface area contributed by atoms with E-state index in [1.807, 2.05) is 12.1 Å². The summed E-state index contributed by atoms with van der Waals surface area (Å²) in [4.78, 5) is 0.281. The van der Waals surface area contributed by atoms with E-state index < -0.39 is 15.6 Å². The Balaban J connectivity index is 0.00000324. The minimum atomic E-state index is -3.49. The molecule has 0 aromatic heterocycles. The molecule has 110 valence electrons. The van der Waals surface area contributed by atoms with E-state index in [1.165, 1.54) is 0 Å². The molecule has 4 nitrogen and oxygen atoms in total. The van der Waals surface area contributed by atoms with Crippen LogP contribution in [0.1, 0.15) is 32.8 Å². The average Bonchev–Trinajstić information content (AvgIpc) is 2.29. The topological polar surface area (TPSA) is 72.2 Å². The van der Waals surface area contributed by atoms with Crippen LogP contribution in [0.15, 0.2) is 29.2 Å². The Morgan fingerprint density at radius 3 is 2.16 bits per heavy atom. The highest BCUT2D eigenvalue weighted by Crippen LogP contribution is 2.14. The van der Waals surface area contributed by atoms with Crippen molar-refractivity contribution in [3.05, 3.63) is 29.8 Å². The first-order valence-corrected chi connectivity index (χ1v) is 7.62. The summed E-state index contributed by atoms with van der Waals surface area (Å²) in [7, 11) is -3.49. The first-order chi connectivity index (χ1) is 8.30. The lowest BCUT2D eigenvalue weighted by Crippen LogP contribution is -2.48. The number of halogens is 1. The number of sulfonamides is 1. The van der Waals surface area contributed by atoms with Gasteiger partial charge in [0.05, 0.1) is 4.90 Å². The number of nitrogens with two attached hydrogens (primary N) is 1. The first-order valence-electron chi connectivity index (χ1n) is 6.14. The van der Waals surface area contributed by atoms with Crippen molar-refractivity contribution in [2.45, 2.75) is 44.0 Å². The summed E-state index contributed by atoms with van der Waals surface area (Å²) in [6.45, 7) is 5.86. The summed E-state index contributed by atoms with van der Waals surface area (Å²) in [6, 6.07) is 6.99. The van der Waals surface area contributed by atoms with E-state index in [4.69, 9.17) is 5.73 Å². The second-order valence-corrected chi connectivity index (χ2v) is 6.77. The van der Waals surface area contributed by atoms with Crippen LogP contribution >= 0.6 is 12.4 Å². The molecule has 1 aromatic rings. The number of rotatable bonds is 6. The van der Waals surface area contributed by atoms with Crippen molar-refractivity contribution in [3.63, 3.8) is 0 Å². The Hall–Kier alpha value is -0.620. The fourth-order valence-electron chi connectivity index (χ4n) is 1.59. The van der Waals surface area contributed by atoms with E-state index in [2.05, 4.69) is 11.6 Å². The molecule has 0 amide bonds. The van der Waals surface area contributed by atoms with Crippen molar-refractivity contribution in [1.29, 1.82) is 0 Å². The molecule has 3 N–H and O–H groups in total. The summed E-state index contributed by atoms with van der Waals surface area (Å²) >= 11 is 0. The lowest BCUT2D eigenvalue weighted by Gasteiger charge is -2.23. The molecule has 0 fully saturated rings. The molecule has 0 spiro atoms. The SMILES string of the molecule is CCCc1ccc(S(=O)(=O)NC(C)(C)CN)cc1.Cl. The molecule has 0 heterocycles. The van der Waals surface area contributed by atoms with E-state index in [1.54, 1.807) is 26.0 Å². The number of aryl methyl sites for hydroxylation is 1. The zero-order chi connectivity index (χ0) is 13.8. The molecule has 0 atom stereocenters. The largest absolute Gasteiger partial charge is 0.329 e. The number of hydrogen-bond donors (Lipinski definition) is 2. The highest BCUT2D eigenvalue weighted by atomic mass is 35.5. The Bertz CT molecular complexity index is 484. The van der Waals surface area contributed by atoms with Crippen molar-refractivity contribution in [2.24, 2.45) is 5.73 Å². The fraction of sp³-hybridized carbons (Fsp3) is 0.538. The lowest BCUT2D eigenvalue weighted by molar-refractivity contribution is 0.462. The first kappa shape index (κ1) is 18.4. The van der Waals surface area contributed by atoms with Gasteiger partial charge in [-0.25, -0.2) is 13.1 Å². The molecular formula is C13H23ClN2O2S. The van der Waals surface area contributed by atoms with Crippen LogP contribution in [0.5, 0.6) is 0 Å². The van der Waals surface area contributed by atoms with Crippen LogP contribution < -0.4 is 10.5 Å². The molecule has 1 rings (SSSR count). The van der Waals surface area contributed by atoms with Crippen LogP contribution in [0.2, 0.25) is 0 Å². The van der Waals surface area contributed by atoms with Gasteiger partial charge in [0.15, 0.2) is 0 Å². The van der Waals surface area contributed by atoms with Crippen molar-refractivity contribution >= 4 is 22.4 Å². The molecule has 0 aliphatic carbocycles. The zero-order valence-electron chi connectivity index (χ0n) is 11.6. The standard InChI is InChI=1S/C13H22N2O2S.ClH/c1-4-5-11-6-8-12(9-7-11)18(16,17)15-13(2,3)10-14;/h6-9,15H,4-5,10,14H2,1-3H3;1H. The van der Waals surface area contributed by atoms with Gasteiger partial charge in [-0.05, 0) is 38.0 Å². The van der Waals surface area contributed by atoms with E-state index in [-0.39, 0.29) is 23.8 Å². The van der Waals surface area contributed by atoms with Gasteiger partial charge < -0.3 is 5.73 Å². The molecule has 0 radical (unpaired) electrons. The van der Waals surface area contributed by atoms with Gasteiger partial charge in [-0.2, -0.15) is 0 Å². The molecule has 1 aromatic carbocycles. The summed E-state index contributed by atoms with van der Waals surface area (Å²) in [5.74, 6) is 0. The van der Waals surface area contributed by atoms with Crippen molar-refractivity contribution in [3.8, 4) is 0 Å². The quantitative estimate of drug-likeness (QED) is 0.845. The van der Waals surface area contributed by atoms with Gasteiger partial charge in [-0.1, -0.05) is 25.5 Å². The molecule has 0 aliphatic heterocycles. The van der Waals surface area contributed by atoms with E-state index in [0.717, 1.165) is 18.4 Å². The maximum Gasteiger partial charge on any atom is 0.241 e. The number of nitrogens with one attached hydrogen (secondary N) is 1. The van der Waals surface area contributed by atoms with Gasteiger partial charge >= 0.3 is 0 Å². The lowest BCUT2D eigenvalue weighted by atomic mass is 10.1. The van der Waals surface area contributed by atoms with Gasteiger partial charge in [0.2, 0.25) is 10.0 Å². The Labute approximate surface area is 122 Å². The molecular weight excluding hydrogens is 284 g/mol. The molecule has 0 saturated carbocycles. The molecule has 6 heteroatoms. The average molecular weight is 307 g/mol. The molecule has 19 heavy (non-hydrogen) atoms. The summed E-state index contributed by atoms with van der Waals surface area (Å²) < 4.78 is 26.8. The third-order valence-electron chi connectivity index (χ3n) is 2.69. The van der Waals surface area contributed by atoms with Crippen molar-refractivity contribution < 1.29 is 8.42 Å². The van der Waals surface area contributed by atoms with Gasteiger partial charge in [0.1, 0.15) is 0 Å².